The van der Waals surface area contributed by atoms with E-state index in [1.807, 2.05) is 6.07 Å². The average Bonchev–Trinajstić information content (AvgIpc) is 3.65. The van der Waals surface area contributed by atoms with E-state index in [4.69, 9.17) is 43.6 Å². The van der Waals surface area contributed by atoms with Gasteiger partial charge in [0, 0.05) is 35.6 Å². The normalized spacial score (nSPS) is 10.2. The van der Waals surface area contributed by atoms with Gasteiger partial charge in [-0.3, -0.25) is 19.3 Å². The van der Waals surface area contributed by atoms with Crippen molar-refractivity contribution in [2.75, 3.05) is 6.61 Å². The second kappa shape index (κ2) is 16.4. The highest BCUT2D eigenvalue weighted by Crippen LogP contribution is 2.23. The minimum absolute atomic E-state index is 0. The molecule has 0 aliphatic heterocycles. The molecule has 0 radical (unpaired) electrons. The summed E-state index contributed by atoms with van der Waals surface area (Å²) in [5, 5.41) is 36.8. The molecule has 4 heterocycles. The zero-order chi connectivity index (χ0) is 34.5. The predicted octanol–water partition coefficient (Wildman–Crippen LogP) is 7.43. The molecule has 0 amide bonds. The Morgan fingerprint density at radius 1 is 0.800 bits per heavy atom. The second-order valence-corrected chi connectivity index (χ2v) is 10.9. The highest BCUT2D eigenvalue weighted by Gasteiger charge is 2.18. The Morgan fingerprint density at radius 3 is 1.64 bits per heavy atom. The minimum atomic E-state index is -1.24. The molecule has 16 heteroatoms. The van der Waals surface area contributed by atoms with Crippen molar-refractivity contribution in [1.29, 1.82) is 10.5 Å². The lowest BCUT2D eigenvalue weighted by Crippen LogP contribution is -2.05. The summed E-state index contributed by atoms with van der Waals surface area (Å²) in [6, 6.07) is 12.8. The number of carboxylic acids is 1. The SMILES string of the molecule is C.C.CCOC(=O)c1cn(Cc2cc(F)c3ncc(Cl)cc3c2)nc1C#N.N#Cc1nn(Cc2cc(F)c3ncc(Cl)cc3c2)cc1C(=O)O. The smallest absolute Gasteiger partial charge is 0.342 e. The summed E-state index contributed by atoms with van der Waals surface area (Å²) < 4.78 is 35.8. The largest absolute Gasteiger partial charge is 0.478 e. The van der Waals surface area contributed by atoms with Crippen molar-refractivity contribution >= 4 is 56.9 Å². The molecule has 0 aliphatic rings. The first-order valence-corrected chi connectivity index (χ1v) is 14.6. The van der Waals surface area contributed by atoms with Gasteiger partial charge >= 0.3 is 11.9 Å². The van der Waals surface area contributed by atoms with Gasteiger partial charge in [-0.25, -0.2) is 18.4 Å². The van der Waals surface area contributed by atoms with Gasteiger partial charge in [-0.2, -0.15) is 20.7 Å². The molecule has 0 fully saturated rings. The third-order valence-electron chi connectivity index (χ3n) is 6.68. The molecule has 50 heavy (non-hydrogen) atoms. The van der Waals surface area contributed by atoms with Crippen LogP contribution in [0.25, 0.3) is 21.8 Å². The Kier molecular flexibility index (Phi) is 12.6. The first-order valence-electron chi connectivity index (χ1n) is 13.8. The molecule has 0 bridgehead atoms. The molecule has 0 saturated heterocycles. The number of ether oxygens (including phenoxy) is 1. The summed E-state index contributed by atoms with van der Waals surface area (Å²) in [7, 11) is 0. The quantitative estimate of drug-likeness (QED) is 0.163. The van der Waals surface area contributed by atoms with Crippen LogP contribution in [0, 0.1) is 34.3 Å². The zero-order valence-corrected chi connectivity index (χ0v) is 26.2. The van der Waals surface area contributed by atoms with E-state index in [1.165, 1.54) is 46.3 Å². The van der Waals surface area contributed by atoms with Gasteiger partial charge in [0.25, 0.3) is 0 Å². The highest BCUT2D eigenvalue weighted by atomic mass is 35.5. The number of aromatic nitrogens is 6. The van der Waals surface area contributed by atoms with Gasteiger partial charge in [-0.05, 0) is 54.4 Å². The van der Waals surface area contributed by atoms with Crippen LogP contribution in [0.1, 0.15) is 65.0 Å². The van der Waals surface area contributed by atoms with Gasteiger partial charge in [-0.1, -0.05) is 38.1 Å². The topological polar surface area (TPSA) is 173 Å². The maximum absolute atomic E-state index is 14.2. The van der Waals surface area contributed by atoms with Crippen molar-refractivity contribution in [3.63, 3.8) is 0 Å². The molecule has 0 spiro atoms. The van der Waals surface area contributed by atoms with Crippen molar-refractivity contribution in [3.05, 3.63) is 117 Å². The first kappa shape index (κ1) is 38.5. The summed E-state index contributed by atoms with van der Waals surface area (Å²) in [6.45, 7) is 2.15. The maximum atomic E-state index is 14.2. The number of hydrogen-bond acceptors (Lipinski definition) is 9. The Balaban J connectivity index is 0.000000261. The number of fused-ring (bicyclic) bond motifs is 2. The third kappa shape index (κ3) is 8.54. The van der Waals surface area contributed by atoms with E-state index in [9.17, 15) is 18.4 Å². The van der Waals surface area contributed by atoms with Crippen LogP contribution in [0.15, 0.2) is 61.2 Å². The molecule has 0 unspecified atom stereocenters. The molecule has 4 aromatic heterocycles. The number of rotatable bonds is 7. The number of benzene rings is 2. The number of hydrogen-bond donors (Lipinski definition) is 1. The molecule has 0 aliphatic carbocycles. The molecule has 1 N–H and O–H groups in total. The molecule has 0 atom stereocenters. The van der Waals surface area contributed by atoms with Crippen LogP contribution >= 0.6 is 23.2 Å². The lowest BCUT2D eigenvalue weighted by atomic mass is 10.1. The van der Waals surface area contributed by atoms with E-state index >= 15 is 0 Å². The number of carbonyl (C=O) groups is 2. The van der Waals surface area contributed by atoms with E-state index < -0.39 is 23.6 Å². The average molecular weight is 722 g/mol. The standard InChI is InChI=1S/C17H12ClFN4O2.C15H8ClFN4O2.2CH4/c1-2-25-17(24)13-9-23(22-15(13)6-20)8-10-3-11-5-12(18)7-21-16(11)14(19)4-10;16-10-3-9-1-8(2-12(17)14(9)19-5-10)6-21-7-11(15(22)23)13(4-18)20-21;;/h3-5,7,9H,2,8H2,1H3;1-3,5,7H,6H2,(H,22,23);2*1H4. The van der Waals surface area contributed by atoms with E-state index in [0.717, 1.165) is 0 Å². The van der Waals surface area contributed by atoms with Gasteiger partial charge in [0.2, 0.25) is 0 Å². The maximum Gasteiger partial charge on any atom is 0.342 e. The highest BCUT2D eigenvalue weighted by molar-refractivity contribution is 6.31. The Morgan fingerprint density at radius 2 is 1.24 bits per heavy atom. The molecule has 256 valence electrons. The summed E-state index contributed by atoms with van der Waals surface area (Å²) in [4.78, 5) is 30.8. The van der Waals surface area contributed by atoms with E-state index in [1.54, 1.807) is 37.3 Å². The Bertz CT molecular complexity index is 2310. The fourth-order valence-electron chi connectivity index (χ4n) is 4.72. The number of carbonyl (C=O) groups excluding carboxylic acids is 1. The van der Waals surface area contributed by atoms with Crippen molar-refractivity contribution < 1.29 is 28.2 Å². The molecule has 12 nitrogen and oxygen atoms in total. The van der Waals surface area contributed by atoms with Gasteiger partial charge in [-0.15, -0.1) is 0 Å². The van der Waals surface area contributed by atoms with Crippen LogP contribution < -0.4 is 0 Å². The fraction of sp³-hybridized carbons (Fsp3) is 0.176. The number of pyridine rings is 2. The Labute approximate surface area is 294 Å². The second-order valence-electron chi connectivity index (χ2n) is 10.0. The molecule has 6 rings (SSSR count). The van der Waals surface area contributed by atoms with Crippen LogP contribution in [0.3, 0.4) is 0 Å². The number of aromatic carboxylic acids is 1. The lowest BCUT2D eigenvalue weighted by molar-refractivity contribution is 0.0525. The van der Waals surface area contributed by atoms with Crippen molar-refractivity contribution in [2.45, 2.75) is 34.9 Å². The monoisotopic (exact) mass is 720 g/mol. The molecule has 0 saturated carbocycles. The van der Waals surface area contributed by atoms with Crippen molar-refractivity contribution in [2.24, 2.45) is 0 Å². The van der Waals surface area contributed by atoms with E-state index in [0.29, 0.717) is 31.9 Å². The number of nitrogens with zero attached hydrogens (tertiary/aromatic N) is 8. The van der Waals surface area contributed by atoms with Gasteiger partial charge in [0.1, 0.15) is 45.9 Å². The zero-order valence-electron chi connectivity index (χ0n) is 24.7. The van der Waals surface area contributed by atoms with Gasteiger partial charge < -0.3 is 9.84 Å². The van der Waals surface area contributed by atoms with Crippen LogP contribution in [0.2, 0.25) is 10.0 Å². The summed E-state index contributed by atoms with van der Waals surface area (Å²) in [6.07, 6.45) is 5.39. The van der Waals surface area contributed by atoms with Gasteiger partial charge in [0.15, 0.2) is 11.4 Å². The molecule has 6 aromatic rings. The van der Waals surface area contributed by atoms with Crippen molar-refractivity contribution in [3.8, 4) is 12.1 Å². The third-order valence-corrected chi connectivity index (χ3v) is 7.09. The number of nitriles is 2. The lowest BCUT2D eigenvalue weighted by Gasteiger charge is -2.05. The van der Waals surface area contributed by atoms with Crippen LogP contribution in [0.4, 0.5) is 8.78 Å². The van der Waals surface area contributed by atoms with Gasteiger partial charge in [0.05, 0.1) is 29.7 Å². The minimum Gasteiger partial charge on any atom is -0.478 e. The summed E-state index contributed by atoms with van der Waals surface area (Å²) in [5.74, 6) is -2.86. The van der Waals surface area contributed by atoms with E-state index in [-0.39, 0.29) is 68.1 Å². The predicted molar refractivity (Wildman–Crippen MR) is 182 cm³/mol. The van der Waals surface area contributed by atoms with Crippen LogP contribution in [-0.2, 0) is 17.8 Å². The molecule has 2 aromatic carbocycles. The van der Waals surface area contributed by atoms with E-state index in [2.05, 4.69) is 20.2 Å². The molecular formula is C34H28Cl2F2N8O4. The fourth-order valence-corrected chi connectivity index (χ4v) is 5.05. The number of carboxylic acid groups (broad SMARTS) is 1. The first-order chi connectivity index (χ1) is 23.0. The van der Waals surface area contributed by atoms with Crippen molar-refractivity contribution in [1.82, 2.24) is 29.5 Å². The summed E-state index contributed by atoms with van der Waals surface area (Å²) >= 11 is 11.8. The van der Waals surface area contributed by atoms with Crippen LogP contribution in [-0.4, -0.2) is 53.2 Å². The van der Waals surface area contributed by atoms with Crippen LogP contribution in [0.5, 0.6) is 0 Å². The summed E-state index contributed by atoms with van der Waals surface area (Å²) in [5.41, 5.74) is 1.21. The number of halogens is 4. The number of esters is 1. The Hall–Kier alpha value is -5.96. The molecular weight excluding hydrogens is 693 g/mol.